The summed E-state index contributed by atoms with van der Waals surface area (Å²) in [6.45, 7) is 0.425. The molecule has 11 heteroatoms. The number of carbonyl (C=O) groups is 1. The van der Waals surface area contributed by atoms with Crippen LogP contribution in [0.2, 0.25) is 0 Å². The summed E-state index contributed by atoms with van der Waals surface area (Å²) in [4.78, 5) is 12.5. The molecule has 0 radical (unpaired) electrons. The Labute approximate surface area is 200 Å². The molecule has 5 rings (SSSR count). The number of alkyl halides is 3. The third kappa shape index (κ3) is 4.59. The smallest absolute Gasteiger partial charge is 0.325 e. The van der Waals surface area contributed by atoms with Crippen molar-refractivity contribution in [3.63, 3.8) is 0 Å². The van der Waals surface area contributed by atoms with Gasteiger partial charge in [0.2, 0.25) is 11.7 Å². The molecule has 0 atom stereocenters. The molecule has 0 fully saturated rings. The Kier molecular flexibility index (Phi) is 5.93. The zero-order chi connectivity index (χ0) is 24.6. The minimum atomic E-state index is -4.58. The number of fused-ring (bicyclic) bond motifs is 3. The molecule has 0 spiro atoms. The SMILES string of the molecule is O=C(CSc1nnc2n(Cc3ccc(F)cc3)c3ccccc3n12)Nc1ccccc1C(F)(F)F. The van der Waals surface area contributed by atoms with Gasteiger partial charge in [0, 0.05) is 0 Å². The second-order valence-electron chi connectivity index (χ2n) is 7.70. The maximum atomic E-state index is 13.3. The molecular formula is C24H17F4N5OS. The van der Waals surface area contributed by atoms with Gasteiger partial charge >= 0.3 is 6.18 Å². The van der Waals surface area contributed by atoms with Crippen molar-refractivity contribution in [3.05, 3.63) is 89.7 Å². The van der Waals surface area contributed by atoms with Gasteiger partial charge in [-0.2, -0.15) is 13.2 Å². The van der Waals surface area contributed by atoms with Crippen molar-refractivity contribution in [2.24, 2.45) is 0 Å². The van der Waals surface area contributed by atoms with Gasteiger partial charge in [0.15, 0.2) is 5.16 Å². The van der Waals surface area contributed by atoms with E-state index in [-0.39, 0.29) is 17.3 Å². The van der Waals surface area contributed by atoms with E-state index in [9.17, 15) is 22.4 Å². The number of carbonyl (C=O) groups excluding carboxylic acids is 1. The number of amides is 1. The normalized spacial score (nSPS) is 11.9. The number of benzene rings is 3. The second kappa shape index (κ2) is 9.06. The minimum Gasteiger partial charge on any atom is -0.325 e. The topological polar surface area (TPSA) is 64.2 Å². The maximum Gasteiger partial charge on any atom is 0.418 e. The molecule has 0 bridgehead atoms. The number of para-hydroxylation sites is 3. The van der Waals surface area contributed by atoms with Crippen molar-refractivity contribution in [3.8, 4) is 0 Å². The molecule has 2 heterocycles. The van der Waals surface area contributed by atoms with Gasteiger partial charge in [-0.25, -0.2) is 4.39 Å². The van der Waals surface area contributed by atoms with Crippen LogP contribution in [-0.4, -0.2) is 30.8 Å². The number of imidazole rings is 1. The largest absolute Gasteiger partial charge is 0.418 e. The Balaban J connectivity index is 1.40. The molecular weight excluding hydrogens is 482 g/mol. The van der Waals surface area contributed by atoms with E-state index in [1.165, 1.54) is 30.3 Å². The van der Waals surface area contributed by atoms with Crippen molar-refractivity contribution in [2.45, 2.75) is 17.9 Å². The van der Waals surface area contributed by atoms with Crippen LogP contribution in [0, 0.1) is 5.82 Å². The lowest BCUT2D eigenvalue weighted by molar-refractivity contribution is -0.137. The fraction of sp³-hybridized carbons (Fsp3) is 0.125. The first-order chi connectivity index (χ1) is 16.8. The quantitative estimate of drug-likeness (QED) is 0.243. The molecule has 0 unspecified atom stereocenters. The highest BCUT2D eigenvalue weighted by Gasteiger charge is 2.33. The van der Waals surface area contributed by atoms with E-state index in [0.717, 1.165) is 34.4 Å². The summed E-state index contributed by atoms with van der Waals surface area (Å²) in [5.41, 5.74) is 1.33. The highest BCUT2D eigenvalue weighted by Crippen LogP contribution is 2.34. The van der Waals surface area contributed by atoms with Gasteiger partial charge in [0.25, 0.3) is 0 Å². The summed E-state index contributed by atoms with van der Waals surface area (Å²) < 4.78 is 56.7. The number of aromatic nitrogens is 4. The van der Waals surface area contributed by atoms with Gasteiger partial charge < -0.3 is 9.88 Å². The number of nitrogens with zero attached hydrogens (tertiary/aromatic N) is 4. The number of hydrogen-bond donors (Lipinski definition) is 1. The van der Waals surface area contributed by atoms with Gasteiger partial charge in [-0.1, -0.05) is 48.2 Å². The highest BCUT2D eigenvalue weighted by molar-refractivity contribution is 7.99. The van der Waals surface area contributed by atoms with Crippen LogP contribution in [-0.2, 0) is 17.5 Å². The molecule has 6 nitrogen and oxygen atoms in total. The standard InChI is InChI=1S/C24H17F4N5OS/c25-16-11-9-15(10-12-16)13-32-19-7-3-4-8-20(19)33-22(32)30-31-23(33)35-14-21(34)29-18-6-2-1-5-17(18)24(26,27)28/h1-12H,13-14H2,(H,29,34). The van der Waals surface area contributed by atoms with Crippen molar-refractivity contribution < 1.29 is 22.4 Å². The Morgan fingerprint density at radius 1 is 0.914 bits per heavy atom. The summed E-state index contributed by atoms with van der Waals surface area (Å²) in [6, 6.07) is 18.5. The number of thioether (sulfide) groups is 1. The number of halogens is 4. The molecule has 0 saturated carbocycles. The number of hydrogen-bond acceptors (Lipinski definition) is 4. The number of nitrogens with one attached hydrogen (secondary N) is 1. The molecule has 35 heavy (non-hydrogen) atoms. The zero-order valence-electron chi connectivity index (χ0n) is 18.0. The van der Waals surface area contributed by atoms with E-state index >= 15 is 0 Å². The lowest BCUT2D eigenvalue weighted by Gasteiger charge is -2.13. The Hall–Kier alpha value is -3.86. The van der Waals surface area contributed by atoms with E-state index in [1.54, 1.807) is 16.5 Å². The van der Waals surface area contributed by atoms with Gasteiger partial charge in [-0.05, 0) is 42.0 Å². The lowest BCUT2D eigenvalue weighted by Crippen LogP contribution is -2.18. The summed E-state index contributed by atoms with van der Waals surface area (Å²) in [7, 11) is 0. The molecule has 178 valence electrons. The molecule has 0 saturated heterocycles. The van der Waals surface area contributed by atoms with Gasteiger partial charge in [-0.3, -0.25) is 9.20 Å². The molecule has 0 aliphatic carbocycles. The predicted molar refractivity (Wildman–Crippen MR) is 125 cm³/mol. The Bertz CT molecular complexity index is 1530. The Morgan fingerprint density at radius 3 is 2.34 bits per heavy atom. The van der Waals surface area contributed by atoms with Crippen LogP contribution in [0.1, 0.15) is 11.1 Å². The summed E-state index contributed by atoms with van der Waals surface area (Å²) in [5, 5.41) is 11.2. The molecule has 1 amide bonds. The molecule has 0 aliphatic rings. The zero-order valence-corrected chi connectivity index (χ0v) is 18.8. The van der Waals surface area contributed by atoms with Crippen molar-refractivity contribution in [1.82, 2.24) is 19.2 Å². The maximum absolute atomic E-state index is 13.3. The Morgan fingerprint density at radius 2 is 1.60 bits per heavy atom. The van der Waals surface area contributed by atoms with Crippen LogP contribution in [0.15, 0.2) is 78.0 Å². The summed E-state index contributed by atoms with van der Waals surface area (Å²) in [6.07, 6.45) is -4.58. The van der Waals surface area contributed by atoms with E-state index < -0.39 is 17.6 Å². The van der Waals surface area contributed by atoms with Crippen LogP contribution in [0.5, 0.6) is 0 Å². The van der Waals surface area contributed by atoms with Crippen LogP contribution >= 0.6 is 11.8 Å². The number of anilines is 1. The molecule has 1 N–H and O–H groups in total. The fourth-order valence-electron chi connectivity index (χ4n) is 3.81. The van der Waals surface area contributed by atoms with Crippen LogP contribution in [0.3, 0.4) is 0 Å². The van der Waals surface area contributed by atoms with E-state index in [4.69, 9.17) is 0 Å². The monoisotopic (exact) mass is 499 g/mol. The average molecular weight is 499 g/mol. The molecule has 0 aliphatic heterocycles. The van der Waals surface area contributed by atoms with Gasteiger partial charge in [0.05, 0.1) is 34.6 Å². The van der Waals surface area contributed by atoms with Crippen LogP contribution in [0.4, 0.5) is 23.2 Å². The van der Waals surface area contributed by atoms with Crippen LogP contribution < -0.4 is 5.32 Å². The highest BCUT2D eigenvalue weighted by atomic mass is 32.2. The summed E-state index contributed by atoms with van der Waals surface area (Å²) in [5.74, 6) is -0.558. The first-order valence-corrected chi connectivity index (χ1v) is 11.5. The summed E-state index contributed by atoms with van der Waals surface area (Å²) >= 11 is 1.07. The van der Waals surface area contributed by atoms with Crippen molar-refractivity contribution >= 4 is 40.2 Å². The van der Waals surface area contributed by atoms with Crippen LogP contribution in [0.25, 0.3) is 16.8 Å². The van der Waals surface area contributed by atoms with E-state index in [2.05, 4.69) is 15.5 Å². The third-order valence-corrected chi connectivity index (χ3v) is 6.29. The van der Waals surface area contributed by atoms with E-state index in [0.29, 0.717) is 17.5 Å². The molecule has 3 aromatic carbocycles. The molecule has 5 aromatic rings. The lowest BCUT2D eigenvalue weighted by atomic mass is 10.1. The van der Waals surface area contributed by atoms with Crippen molar-refractivity contribution in [1.29, 1.82) is 0 Å². The molecule has 2 aromatic heterocycles. The number of rotatable bonds is 6. The minimum absolute atomic E-state index is 0.162. The van der Waals surface area contributed by atoms with Gasteiger partial charge in [0.1, 0.15) is 5.82 Å². The average Bonchev–Trinajstić information content (AvgIpc) is 3.38. The van der Waals surface area contributed by atoms with Crippen molar-refractivity contribution in [2.75, 3.05) is 11.1 Å². The van der Waals surface area contributed by atoms with E-state index in [1.807, 2.05) is 28.8 Å². The van der Waals surface area contributed by atoms with Gasteiger partial charge in [-0.15, -0.1) is 10.2 Å². The second-order valence-corrected chi connectivity index (χ2v) is 8.64. The fourth-order valence-corrected chi connectivity index (χ4v) is 4.55. The third-order valence-electron chi connectivity index (χ3n) is 5.36. The predicted octanol–water partition coefficient (Wildman–Crippen LogP) is 5.62. The first kappa shape index (κ1) is 22.9. The first-order valence-electron chi connectivity index (χ1n) is 10.5.